The molecule has 1 aliphatic heterocycles. The Balaban J connectivity index is 0.00000288. The minimum atomic E-state index is 0. The van der Waals surface area contributed by atoms with Crippen LogP contribution in [-0.2, 0) is 15.9 Å². The summed E-state index contributed by atoms with van der Waals surface area (Å²) in [4.78, 5) is 2.37. The van der Waals surface area contributed by atoms with E-state index in [2.05, 4.69) is 37.5 Å². The molecular formula is C19H30ClNO3. The van der Waals surface area contributed by atoms with Crippen LogP contribution in [0.4, 0.5) is 0 Å². The molecule has 24 heavy (non-hydrogen) atoms. The molecule has 0 amide bonds. The molecule has 1 heterocycles. The van der Waals surface area contributed by atoms with Gasteiger partial charge in [0.1, 0.15) is 12.4 Å². The highest BCUT2D eigenvalue weighted by Gasteiger charge is 2.09. The van der Waals surface area contributed by atoms with Crippen LogP contribution in [-0.4, -0.2) is 57.6 Å². The van der Waals surface area contributed by atoms with E-state index in [0.29, 0.717) is 13.2 Å². The molecule has 2 rings (SSSR count). The number of rotatable bonds is 9. The van der Waals surface area contributed by atoms with Gasteiger partial charge in [-0.05, 0) is 37.0 Å². The summed E-state index contributed by atoms with van der Waals surface area (Å²) in [5.41, 5.74) is 3.63. The van der Waals surface area contributed by atoms with Gasteiger partial charge in [0.2, 0.25) is 0 Å². The largest absolute Gasteiger partial charge is 0.491 e. The summed E-state index contributed by atoms with van der Waals surface area (Å²) >= 11 is 0. The van der Waals surface area contributed by atoms with Gasteiger partial charge in [-0.3, -0.25) is 4.90 Å². The fraction of sp³-hybridized carbons (Fsp3) is 0.579. The molecule has 0 radical (unpaired) electrons. The quantitative estimate of drug-likeness (QED) is 0.503. The molecule has 0 saturated carbocycles. The average molecular weight is 356 g/mol. The lowest BCUT2D eigenvalue weighted by Gasteiger charge is -2.26. The molecule has 0 atom stereocenters. The molecule has 0 N–H and O–H groups in total. The van der Waals surface area contributed by atoms with Crippen molar-refractivity contribution in [3.63, 3.8) is 0 Å². The predicted octanol–water partition coefficient (Wildman–Crippen LogP) is 3.18. The first-order chi connectivity index (χ1) is 11.2. The molecule has 1 fully saturated rings. The third-order valence-corrected chi connectivity index (χ3v) is 4.03. The van der Waals surface area contributed by atoms with Crippen molar-refractivity contribution < 1.29 is 14.2 Å². The number of hydrogen-bond acceptors (Lipinski definition) is 4. The summed E-state index contributed by atoms with van der Waals surface area (Å²) in [6.45, 7) is 14.6. The summed E-state index contributed by atoms with van der Waals surface area (Å²) < 4.78 is 16.9. The molecule has 136 valence electrons. The zero-order chi connectivity index (χ0) is 16.5. The van der Waals surface area contributed by atoms with Crippen LogP contribution in [0, 0.1) is 13.8 Å². The van der Waals surface area contributed by atoms with Gasteiger partial charge in [-0.2, -0.15) is 0 Å². The molecule has 0 unspecified atom stereocenters. The minimum absolute atomic E-state index is 0. The van der Waals surface area contributed by atoms with Crippen LogP contribution in [0.1, 0.15) is 16.7 Å². The van der Waals surface area contributed by atoms with Crippen LogP contribution < -0.4 is 4.74 Å². The molecule has 1 aliphatic rings. The zero-order valence-corrected chi connectivity index (χ0v) is 15.7. The lowest BCUT2D eigenvalue weighted by Crippen LogP contribution is -2.38. The molecule has 1 aromatic rings. The lowest BCUT2D eigenvalue weighted by atomic mass is 10.0. The van der Waals surface area contributed by atoms with Crippen molar-refractivity contribution in [3.05, 3.63) is 41.5 Å². The van der Waals surface area contributed by atoms with Crippen LogP contribution in [0.15, 0.2) is 24.8 Å². The van der Waals surface area contributed by atoms with Crippen LogP contribution in [0.2, 0.25) is 0 Å². The number of hydrogen-bond donors (Lipinski definition) is 0. The molecule has 0 bridgehead atoms. The number of ether oxygens (including phenoxy) is 3. The summed E-state index contributed by atoms with van der Waals surface area (Å²) in [5, 5.41) is 0. The van der Waals surface area contributed by atoms with E-state index >= 15 is 0 Å². The highest BCUT2D eigenvalue weighted by Crippen LogP contribution is 2.25. The van der Waals surface area contributed by atoms with Gasteiger partial charge < -0.3 is 14.2 Å². The van der Waals surface area contributed by atoms with Crippen molar-refractivity contribution in [3.8, 4) is 5.75 Å². The number of aryl methyl sites for hydroxylation is 2. The Kier molecular flexibility index (Phi) is 10.0. The number of nitrogens with zero attached hydrogens (tertiary/aromatic N) is 1. The first-order valence-electron chi connectivity index (χ1n) is 8.42. The molecule has 0 aliphatic carbocycles. The van der Waals surface area contributed by atoms with E-state index in [1.54, 1.807) is 0 Å². The third kappa shape index (κ3) is 6.81. The summed E-state index contributed by atoms with van der Waals surface area (Å²) in [6.07, 6.45) is 2.82. The van der Waals surface area contributed by atoms with E-state index in [9.17, 15) is 0 Å². The van der Waals surface area contributed by atoms with Gasteiger partial charge in [0.25, 0.3) is 0 Å². The Labute approximate surface area is 152 Å². The van der Waals surface area contributed by atoms with E-state index in [-0.39, 0.29) is 12.4 Å². The monoisotopic (exact) mass is 355 g/mol. The van der Waals surface area contributed by atoms with E-state index in [1.807, 2.05) is 6.08 Å². The molecule has 4 nitrogen and oxygen atoms in total. The fourth-order valence-electron chi connectivity index (χ4n) is 2.88. The Morgan fingerprint density at radius 2 is 1.79 bits per heavy atom. The van der Waals surface area contributed by atoms with Gasteiger partial charge >= 0.3 is 0 Å². The average Bonchev–Trinajstić information content (AvgIpc) is 2.54. The van der Waals surface area contributed by atoms with Crippen molar-refractivity contribution >= 4 is 12.4 Å². The SMILES string of the molecule is C=CCc1cc(C)c(OCCOCCN2CCOCC2)c(C)c1.Cl. The lowest BCUT2D eigenvalue weighted by molar-refractivity contribution is 0.0170. The fourth-order valence-corrected chi connectivity index (χ4v) is 2.88. The topological polar surface area (TPSA) is 30.9 Å². The standard InChI is InChI=1S/C19H29NO3.ClH/c1-4-5-18-14-16(2)19(17(3)15-18)23-13-12-22-11-8-20-6-9-21-10-7-20;/h4,14-15H,1,5-13H2,2-3H3;1H. The second-order valence-corrected chi connectivity index (χ2v) is 5.97. The molecule has 5 heteroatoms. The van der Waals surface area contributed by atoms with Crippen molar-refractivity contribution in [2.75, 3.05) is 52.7 Å². The minimum Gasteiger partial charge on any atom is -0.491 e. The summed E-state index contributed by atoms with van der Waals surface area (Å²) in [6, 6.07) is 4.34. The Hall–Kier alpha value is -1.07. The van der Waals surface area contributed by atoms with Crippen LogP contribution >= 0.6 is 12.4 Å². The molecule has 0 spiro atoms. The van der Waals surface area contributed by atoms with E-state index < -0.39 is 0 Å². The van der Waals surface area contributed by atoms with Gasteiger partial charge in [0.15, 0.2) is 0 Å². The molecule has 1 saturated heterocycles. The third-order valence-electron chi connectivity index (χ3n) is 4.03. The first-order valence-corrected chi connectivity index (χ1v) is 8.42. The second-order valence-electron chi connectivity index (χ2n) is 5.97. The first kappa shape index (κ1) is 21.0. The number of morpholine rings is 1. The van der Waals surface area contributed by atoms with Gasteiger partial charge in [0.05, 0.1) is 26.4 Å². The Morgan fingerprint density at radius 3 is 2.42 bits per heavy atom. The number of allylic oxidation sites excluding steroid dienone is 1. The Morgan fingerprint density at radius 1 is 1.12 bits per heavy atom. The van der Waals surface area contributed by atoms with Crippen LogP contribution in [0.25, 0.3) is 0 Å². The van der Waals surface area contributed by atoms with E-state index in [1.165, 1.54) is 16.7 Å². The molecule has 1 aromatic carbocycles. The highest BCUT2D eigenvalue weighted by molar-refractivity contribution is 5.85. The van der Waals surface area contributed by atoms with Crippen molar-refractivity contribution in [2.45, 2.75) is 20.3 Å². The highest BCUT2D eigenvalue weighted by atomic mass is 35.5. The Bertz CT molecular complexity index is 478. The zero-order valence-electron chi connectivity index (χ0n) is 14.9. The number of halogens is 1. The van der Waals surface area contributed by atoms with Gasteiger partial charge in [-0.1, -0.05) is 18.2 Å². The van der Waals surface area contributed by atoms with Crippen molar-refractivity contribution in [2.24, 2.45) is 0 Å². The van der Waals surface area contributed by atoms with E-state index in [0.717, 1.165) is 51.6 Å². The van der Waals surface area contributed by atoms with Gasteiger partial charge in [-0.15, -0.1) is 19.0 Å². The van der Waals surface area contributed by atoms with Crippen molar-refractivity contribution in [1.29, 1.82) is 0 Å². The van der Waals surface area contributed by atoms with Gasteiger partial charge in [-0.25, -0.2) is 0 Å². The van der Waals surface area contributed by atoms with Crippen molar-refractivity contribution in [1.82, 2.24) is 4.90 Å². The van der Waals surface area contributed by atoms with Crippen LogP contribution in [0.3, 0.4) is 0 Å². The van der Waals surface area contributed by atoms with E-state index in [4.69, 9.17) is 14.2 Å². The van der Waals surface area contributed by atoms with Gasteiger partial charge in [0, 0.05) is 19.6 Å². The predicted molar refractivity (Wildman–Crippen MR) is 101 cm³/mol. The normalized spacial score (nSPS) is 14.9. The maximum absolute atomic E-state index is 5.91. The maximum Gasteiger partial charge on any atom is 0.125 e. The summed E-state index contributed by atoms with van der Waals surface area (Å²) in [7, 11) is 0. The van der Waals surface area contributed by atoms with Crippen LogP contribution in [0.5, 0.6) is 5.75 Å². The number of benzene rings is 1. The molecular weight excluding hydrogens is 326 g/mol. The maximum atomic E-state index is 5.91. The second kappa shape index (κ2) is 11.5. The molecule has 0 aromatic heterocycles. The smallest absolute Gasteiger partial charge is 0.125 e. The summed E-state index contributed by atoms with van der Waals surface area (Å²) in [5.74, 6) is 0.981.